The van der Waals surface area contributed by atoms with E-state index in [1.807, 2.05) is 32.0 Å². The number of urea groups is 1. The van der Waals surface area contributed by atoms with Crippen LogP contribution in [0.2, 0.25) is 0 Å². The second-order valence-corrected chi connectivity index (χ2v) is 6.88. The van der Waals surface area contributed by atoms with Gasteiger partial charge in [0.05, 0.1) is 20.1 Å². The van der Waals surface area contributed by atoms with Gasteiger partial charge in [-0.3, -0.25) is 4.79 Å². The van der Waals surface area contributed by atoms with Crippen LogP contribution >= 0.6 is 0 Å². The molecule has 25 heavy (non-hydrogen) atoms. The van der Waals surface area contributed by atoms with Gasteiger partial charge >= 0.3 is 12.0 Å². The maximum atomic E-state index is 12.3. The Morgan fingerprint density at radius 2 is 1.96 bits per heavy atom. The molecule has 1 aliphatic heterocycles. The van der Waals surface area contributed by atoms with E-state index in [9.17, 15) is 9.59 Å². The Hall–Kier alpha value is -2.44. The van der Waals surface area contributed by atoms with E-state index in [2.05, 4.69) is 5.32 Å². The van der Waals surface area contributed by atoms with Crippen molar-refractivity contribution in [1.29, 1.82) is 0 Å². The summed E-state index contributed by atoms with van der Waals surface area (Å²) in [4.78, 5) is 24.9. The van der Waals surface area contributed by atoms with Crippen LogP contribution < -0.4 is 14.8 Å². The molecule has 0 bridgehead atoms. The third-order valence-corrected chi connectivity index (χ3v) is 4.67. The van der Waals surface area contributed by atoms with Gasteiger partial charge in [0, 0.05) is 25.0 Å². The van der Waals surface area contributed by atoms with Crippen LogP contribution in [0.25, 0.3) is 0 Å². The molecule has 1 fully saturated rings. The largest absolute Gasteiger partial charge is 0.493 e. The number of carbonyl (C=O) groups is 2. The van der Waals surface area contributed by atoms with Gasteiger partial charge in [-0.15, -0.1) is 0 Å². The Morgan fingerprint density at radius 3 is 2.52 bits per heavy atom. The molecule has 1 saturated heterocycles. The molecule has 7 heteroatoms. The van der Waals surface area contributed by atoms with Crippen molar-refractivity contribution in [1.82, 2.24) is 10.2 Å². The smallest absolute Gasteiger partial charge is 0.317 e. The predicted molar refractivity (Wildman–Crippen MR) is 93.3 cm³/mol. The van der Waals surface area contributed by atoms with E-state index in [4.69, 9.17) is 14.6 Å². The maximum Gasteiger partial charge on any atom is 0.317 e. The summed E-state index contributed by atoms with van der Waals surface area (Å²) in [5.74, 6) is -0.0170. The minimum Gasteiger partial charge on any atom is -0.493 e. The molecule has 1 atom stereocenters. The van der Waals surface area contributed by atoms with Crippen LogP contribution in [0.1, 0.15) is 25.8 Å². The van der Waals surface area contributed by atoms with Gasteiger partial charge in [-0.05, 0) is 24.1 Å². The lowest BCUT2D eigenvalue weighted by molar-refractivity contribution is -0.141. The summed E-state index contributed by atoms with van der Waals surface area (Å²) in [6.07, 6.45) is 0.502. The molecule has 1 heterocycles. The molecule has 1 aromatic carbocycles. The first-order valence-electron chi connectivity index (χ1n) is 8.26. The number of methoxy groups -OCH3 is 2. The molecule has 1 aromatic rings. The first kappa shape index (κ1) is 18.9. The number of carboxylic acid groups (broad SMARTS) is 1. The lowest BCUT2D eigenvalue weighted by Crippen LogP contribution is -2.44. The summed E-state index contributed by atoms with van der Waals surface area (Å²) in [5.41, 5.74) is 0.691. The number of benzene rings is 1. The van der Waals surface area contributed by atoms with Gasteiger partial charge in [0.1, 0.15) is 0 Å². The monoisotopic (exact) mass is 350 g/mol. The lowest BCUT2D eigenvalue weighted by atomic mass is 9.84. The normalized spacial score (nSPS) is 17.3. The number of nitrogens with one attached hydrogen (secondary N) is 1. The van der Waals surface area contributed by atoms with Crippen molar-refractivity contribution in [3.8, 4) is 11.5 Å². The number of hydrogen-bond donors (Lipinski definition) is 2. The molecular weight excluding hydrogens is 324 g/mol. The molecule has 0 spiro atoms. The van der Waals surface area contributed by atoms with Gasteiger partial charge in [-0.1, -0.05) is 19.9 Å². The number of rotatable bonds is 6. The summed E-state index contributed by atoms with van der Waals surface area (Å²) in [6, 6.07) is 5.47. The minimum absolute atomic E-state index is 0.225. The van der Waals surface area contributed by atoms with Crippen LogP contribution in [0.15, 0.2) is 18.2 Å². The molecule has 0 saturated carbocycles. The van der Waals surface area contributed by atoms with Gasteiger partial charge < -0.3 is 24.8 Å². The van der Waals surface area contributed by atoms with Gasteiger partial charge in [0.25, 0.3) is 0 Å². The summed E-state index contributed by atoms with van der Waals surface area (Å²) in [6.45, 7) is 5.21. The number of carbonyl (C=O) groups excluding carboxylic acids is 1. The molecular formula is C18H26N2O5. The van der Waals surface area contributed by atoms with Gasteiger partial charge in [-0.25, -0.2) is 4.79 Å². The van der Waals surface area contributed by atoms with Crippen LogP contribution in [0, 0.1) is 5.92 Å². The second kappa shape index (κ2) is 7.63. The summed E-state index contributed by atoms with van der Waals surface area (Å²) in [5, 5.41) is 11.9. The zero-order valence-electron chi connectivity index (χ0n) is 15.2. The predicted octanol–water partition coefficient (Wildman–Crippen LogP) is 2.10. The highest BCUT2D eigenvalue weighted by molar-refractivity contribution is 5.77. The van der Waals surface area contributed by atoms with Crippen molar-refractivity contribution >= 4 is 12.0 Å². The molecule has 0 aromatic heterocycles. The van der Waals surface area contributed by atoms with Crippen LogP contribution in [-0.4, -0.2) is 55.9 Å². The second-order valence-electron chi connectivity index (χ2n) is 6.88. The molecule has 138 valence electrons. The Labute approximate surface area is 147 Å². The Kier molecular flexibility index (Phi) is 5.77. The summed E-state index contributed by atoms with van der Waals surface area (Å²) < 4.78 is 10.6. The minimum atomic E-state index is -0.846. The molecule has 0 aliphatic carbocycles. The Bertz CT molecular complexity index is 644. The number of ether oxygens (including phenoxy) is 2. The van der Waals surface area contributed by atoms with Crippen molar-refractivity contribution < 1.29 is 24.2 Å². The van der Waals surface area contributed by atoms with Crippen molar-refractivity contribution in [3.05, 3.63) is 23.8 Å². The number of likely N-dealkylation sites (tertiary alicyclic amines) is 1. The average Bonchev–Trinajstić information content (AvgIpc) is 3.09. The maximum absolute atomic E-state index is 12.3. The molecule has 0 radical (unpaired) electrons. The number of hydrogen-bond acceptors (Lipinski definition) is 4. The zero-order valence-corrected chi connectivity index (χ0v) is 15.2. The van der Waals surface area contributed by atoms with E-state index in [0.29, 0.717) is 31.0 Å². The van der Waals surface area contributed by atoms with E-state index < -0.39 is 11.9 Å². The third kappa shape index (κ3) is 4.35. The van der Waals surface area contributed by atoms with E-state index in [0.717, 1.165) is 5.56 Å². The van der Waals surface area contributed by atoms with E-state index in [1.54, 1.807) is 19.1 Å². The Balaban J connectivity index is 1.99. The average molecular weight is 350 g/mol. The highest BCUT2D eigenvalue weighted by Crippen LogP contribution is 2.33. The summed E-state index contributed by atoms with van der Waals surface area (Å²) >= 11 is 0. The molecule has 2 amide bonds. The number of nitrogens with zero attached hydrogens (tertiary/aromatic N) is 1. The topological polar surface area (TPSA) is 88.1 Å². The van der Waals surface area contributed by atoms with Crippen molar-refractivity contribution in [2.24, 2.45) is 5.92 Å². The number of aliphatic carboxylic acids is 1. The lowest BCUT2D eigenvalue weighted by Gasteiger charge is -2.28. The fraction of sp³-hybridized carbons (Fsp3) is 0.556. The zero-order chi connectivity index (χ0) is 18.6. The molecule has 2 rings (SSSR count). The van der Waals surface area contributed by atoms with Crippen molar-refractivity contribution in [2.75, 3.05) is 33.9 Å². The van der Waals surface area contributed by atoms with E-state index in [-0.39, 0.29) is 18.0 Å². The highest BCUT2D eigenvalue weighted by atomic mass is 16.5. The van der Waals surface area contributed by atoms with Crippen LogP contribution in [-0.2, 0) is 10.2 Å². The number of carboxylic acids is 1. The van der Waals surface area contributed by atoms with Crippen molar-refractivity contribution in [3.63, 3.8) is 0 Å². The van der Waals surface area contributed by atoms with Crippen LogP contribution in [0.4, 0.5) is 4.79 Å². The fourth-order valence-corrected chi connectivity index (χ4v) is 2.91. The van der Waals surface area contributed by atoms with Crippen LogP contribution in [0.3, 0.4) is 0 Å². The highest BCUT2D eigenvalue weighted by Gasteiger charge is 2.31. The van der Waals surface area contributed by atoms with Gasteiger partial charge in [0.15, 0.2) is 11.5 Å². The van der Waals surface area contributed by atoms with E-state index >= 15 is 0 Å². The number of amides is 2. The third-order valence-electron chi connectivity index (χ3n) is 4.67. The molecule has 1 unspecified atom stereocenters. The first-order valence-corrected chi connectivity index (χ1v) is 8.26. The molecule has 7 nitrogen and oxygen atoms in total. The SMILES string of the molecule is COc1ccc(C(C)(C)CNC(=O)N2CCC(C(=O)O)C2)cc1OC. The van der Waals surface area contributed by atoms with Gasteiger partial charge in [-0.2, -0.15) is 0 Å². The summed E-state index contributed by atoms with van der Waals surface area (Å²) in [7, 11) is 3.17. The molecule has 1 aliphatic rings. The van der Waals surface area contributed by atoms with Crippen molar-refractivity contribution in [2.45, 2.75) is 25.7 Å². The standard InChI is InChI=1S/C18H26N2O5/c1-18(2,13-5-6-14(24-3)15(9-13)25-4)11-19-17(23)20-8-7-12(10-20)16(21)22/h5-6,9,12H,7-8,10-11H2,1-4H3,(H,19,23)(H,21,22). The fourth-order valence-electron chi connectivity index (χ4n) is 2.91. The van der Waals surface area contributed by atoms with Crippen LogP contribution in [0.5, 0.6) is 11.5 Å². The van der Waals surface area contributed by atoms with Gasteiger partial charge in [0.2, 0.25) is 0 Å². The first-order chi connectivity index (χ1) is 11.8. The Morgan fingerprint density at radius 1 is 1.28 bits per heavy atom. The quantitative estimate of drug-likeness (QED) is 0.820. The van der Waals surface area contributed by atoms with E-state index in [1.165, 1.54) is 0 Å². The molecule has 2 N–H and O–H groups in total.